The highest BCUT2D eigenvalue weighted by atomic mass is 16.6. The van der Waals surface area contributed by atoms with Crippen LogP contribution in [-0.2, 0) is 28.6 Å². The van der Waals surface area contributed by atoms with E-state index in [0.717, 1.165) is 57.8 Å². The zero-order valence-corrected chi connectivity index (χ0v) is 38.6. The third kappa shape index (κ3) is 45.3. The number of hydrogen-bond donors (Lipinski definition) is 0. The van der Waals surface area contributed by atoms with Crippen molar-refractivity contribution in [1.29, 1.82) is 0 Å². The van der Waals surface area contributed by atoms with Gasteiger partial charge >= 0.3 is 17.9 Å². The lowest BCUT2D eigenvalue weighted by Gasteiger charge is -2.18. The van der Waals surface area contributed by atoms with Crippen molar-refractivity contribution in [2.75, 3.05) is 13.2 Å². The lowest BCUT2D eigenvalue weighted by atomic mass is 10.0. The Labute approximate surface area is 355 Å². The van der Waals surface area contributed by atoms with Crippen molar-refractivity contribution in [2.45, 2.75) is 297 Å². The second-order valence-corrected chi connectivity index (χ2v) is 17.5. The molecular weight excluding hydrogens is 709 g/mol. The Morgan fingerprint density at radius 1 is 0.281 bits per heavy atom. The van der Waals surface area contributed by atoms with Crippen LogP contribution in [0.2, 0.25) is 0 Å². The van der Waals surface area contributed by atoms with Crippen LogP contribution in [0, 0.1) is 0 Å². The van der Waals surface area contributed by atoms with Crippen molar-refractivity contribution in [3.8, 4) is 0 Å². The first-order valence-corrected chi connectivity index (χ1v) is 25.5. The van der Waals surface area contributed by atoms with E-state index in [0.29, 0.717) is 19.3 Å². The first-order chi connectivity index (χ1) is 28.0. The summed E-state index contributed by atoms with van der Waals surface area (Å²) in [6, 6.07) is 0. The van der Waals surface area contributed by atoms with Gasteiger partial charge in [-0.25, -0.2) is 0 Å². The minimum Gasteiger partial charge on any atom is -0.462 e. The van der Waals surface area contributed by atoms with E-state index in [1.54, 1.807) is 0 Å². The van der Waals surface area contributed by atoms with Crippen LogP contribution in [-0.4, -0.2) is 37.2 Å². The molecule has 0 aromatic rings. The number of carbonyl (C=O) groups is 3. The summed E-state index contributed by atoms with van der Waals surface area (Å²) < 4.78 is 16.8. The van der Waals surface area contributed by atoms with Gasteiger partial charge in [-0.15, -0.1) is 0 Å². The number of carbonyl (C=O) groups excluding carboxylic acids is 3. The molecule has 0 rings (SSSR count). The molecule has 0 fully saturated rings. The van der Waals surface area contributed by atoms with Gasteiger partial charge in [0.2, 0.25) is 0 Å². The van der Waals surface area contributed by atoms with Crippen molar-refractivity contribution in [2.24, 2.45) is 0 Å². The summed E-state index contributed by atoms with van der Waals surface area (Å²) in [5.74, 6) is -0.843. The molecule has 1 atom stereocenters. The fourth-order valence-electron chi connectivity index (χ4n) is 7.74. The van der Waals surface area contributed by atoms with Crippen molar-refractivity contribution in [3.05, 3.63) is 0 Å². The molecule has 0 bridgehead atoms. The third-order valence-electron chi connectivity index (χ3n) is 11.6. The van der Waals surface area contributed by atoms with Gasteiger partial charge in [0.05, 0.1) is 0 Å². The highest BCUT2D eigenvalue weighted by Crippen LogP contribution is 2.17. The molecule has 0 radical (unpaired) electrons. The Morgan fingerprint density at radius 2 is 0.474 bits per heavy atom. The molecule has 0 aliphatic rings. The van der Waals surface area contributed by atoms with Gasteiger partial charge in [0.15, 0.2) is 6.10 Å². The predicted molar refractivity (Wildman–Crippen MR) is 243 cm³/mol. The maximum atomic E-state index is 12.8. The molecule has 0 saturated heterocycles. The maximum absolute atomic E-state index is 12.8. The molecule has 6 heteroatoms. The number of esters is 3. The van der Waals surface area contributed by atoms with E-state index in [1.807, 2.05) is 0 Å². The first-order valence-electron chi connectivity index (χ1n) is 25.5. The minimum atomic E-state index is -0.759. The summed E-state index contributed by atoms with van der Waals surface area (Å²) in [4.78, 5) is 37.9. The SMILES string of the molecule is CCCCCCCCCCCCCCCCCC(=O)OC[C@H](COC(=O)CCCCCCCCCCCC)OC(=O)CCCCCCCCCCCCCCCC. The summed E-state index contributed by atoms with van der Waals surface area (Å²) in [5, 5.41) is 0. The molecular formula is C51H98O6. The second-order valence-electron chi connectivity index (χ2n) is 17.5. The van der Waals surface area contributed by atoms with Crippen LogP contribution < -0.4 is 0 Å². The van der Waals surface area contributed by atoms with Gasteiger partial charge in [-0.2, -0.15) is 0 Å². The smallest absolute Gasteiger partial charge is 0.306 e. The Morgan fingerprint density at radius 3 is 0.702 bits per heavy atom. The molecule has 57 heavy (non-hydrogen) atoms. The van der Waals surface area contributed by atoms with Crippen LogP contribution in [0.4, 0.5) is 0 Å². The standard InChI is InChI=1S/C51H98O6/c1-4-7-10-13-16-19-22-24-26-28-29-32-35-38-41-44-50(53)56-47-48(46-55-49(52)43-40-37-34-31-21-18-15-12-9-6-3)57-51(54)45-42-39-36-33-30-27-25-23-20-17-14-11-8-5-2/h48H,4-47H2,1-3H3/t48-/m0/s1. The largest absolute Gasteiger partial charge is 0.462 e. The molecule has 338 valence electrons. The number of rotatable bonds is 47. The molecule has 0 aliphatic carbocycles. The molecule has 0 heterocycles. The van der Waals surface area contributed by atoms with Crippen molar-refractivity contribution >= 4 is 17.9 Å². The average Bonchev–Trinajstić information content (AvgIpc) is 3.21. The zero-order valence-electron chi connectivity index (χ0n) is 38.6. The van der Waals surface area contributed by atoms with E-state index in [2.05, 4.69) is 20.8 Å². The minimum absolute atomic E-state index is 0.0619. The Hall–Kier alpha value is -1.59. The van der Waals surface area contributed by atoms with Crippen molar-refractivity contribution in [1.82, 2.24) is 0 Å². The van der Waals surface area contributed by atoms with Gasteiger partial charge in [0, 0.05) is 19.3 Å². The van der Waals surface area contributed by atoms with Crippen LogP contribution in [0.1, 0.15) is 290 Å². The van der Waals surface area contributed by atoms with Crippen LogP contribution >= 0.6 is 0 Å². The summed E-state index contributed by atoms with van der Waals surface area (Å²) in [5.41, 5.74) is 0. The number of hydrogen-bond acceptors (Lipinski definition) is 6. The van der Waals surface area contributed by atoms with Gasteiger partial charge in [0.1, 0.15) is 13.2 Å². The van der Waals surface area contributed by atoms with E-state index in [9.17, 15) is 14.4 Å². The Kier molecular flexibility index (Phi) is 45.8. The van der Waals surface area contributed by atoms with Crippen molar-refractivity contribution < 1.29 is 28.6 Å². The monoisotopic (exact) mass is 807 g/mol. The van der Waals surface area contributed by atoms with Gasteiger partial charge in [-0.1, -0.05) is 252 Å². The Balaban J connectivity index is 4.28. The van der Waals surface area contributed by atoms with E-state index >= 15 is 0 Å². The van der Waals surface area contributed by atoms with Gasteiger partial charge in [-0.3, -0.25) is 14.4 Å². The van der Waals surface area contributed by atoms with Crippen LogP contribution in [0.15, 0.2) is 0 Å². The molecule has 0 spiro atoms. The predicted octanol–water partition coefficient (Wildman–Crippen LogP) is 16.4. The molecule has 0 unspecified atom stereocenters. The molecule has 6 nitrogen and oxygen atoms in total. The van der Waals surface area contributed by atoms with E-state index in [-0.39, 0.29) is 31.1 Å². The zero-order chi connectivity index (χ0) is 41.5. The van der Waals surface area contributed by atoms with Gasteiger partial charge in [-0.05, 0) is 19.3 Å². The summed E-state index contributed by atoms with van der Waals surface area (Å²) in [7, 11) is 0. The summed E-state index contributed by atoms with van der Waals surface area (Å²) >= 11 is 0. The van der Waals surface area contributed by atoms with Gasteiger partial charge < -0.3 is 14.2 Å². The fourth-order valence-corrected chi connectivity index (χ4v) is 7.74. The molecule has 0 amide bonds. The molecule has 0 saturated carbocycles. The molecule has 0 aromatic heterocycles. The van der Waals surface area contributed by atoms with Crippen molar-refractivity contribution in [3.63, 3.8) is 0 Å². The van der Waals surface area contributed by atoms with E-state index in [4.69, 9.17) is 14.2 Å². The first kappa shape index (κ1) is 55.4. The maximum Gasteiger partial charge on any atom is 0.306 e. The van der Waals surface area contributed by atoms with Crippen LogP contribution in [0.3, 0.4) is 0 Å². The Bertz CT molecular complexity index is 844. The lowest BCUT2D eigenvalue weighted by Crippen LogP contribution is -2.30. The molecule has 0 aliphatic heterocycles. The highest BCUT2D eigenvalue weighted by molar-refractivity contribution is 5.71. The second kappa shape index (κ2) is 47.1. The lowest BCUT2D eigenvalue weighted by molar-refractivity contribution is -0.167. The number of ether oxygens (including phenoxy) is 3. The number of unbranched alkanes of at least 4 members (excludes halogenated alkanes) is 36. The van der Waals surface area contributed by atoms with Crippen LogP contribution in [0.25, 0.3) is 0 Å². The quantitative estimate of drug-likeness (QED) is 0.0346. The summed E-state index contributed by atoms with van der Waals surface area (Å²) in [6.07, 6.45) is 49.4. The third-order valence-corrected chi connectivity index (χ3v) is 11.6. The normalized spacial score (nSPS) is 11.8. The average molecular weight is 807 g/mol. The van der Waals surface area contributed by atoms with Crippen LogP contribution in [0.5, 0.6) is 0 Å². The highest BCUT2D eigenvalue weighted by Gasteiger charge is 2.19. The van der Waals surface area contributed by atoms with E-state index in [1.165, 1.54) is 193 Å². The fraction of sp³-hybridized carbons (Fsp3) is 0.941. The topological polar surface area (TPSA) is 78.9 Å². The molecule has 0 aromatic carbocycles. The van der Waals surface area contributed by atoms with Gasteiger partial charge in [0.25, 0.3) is 0 Å². The van der Waals surface area contributed by atoms with E-state index < -0.39 is 6.10 Å². The molecule has 0 N–H and O–H groups in total. The summed E-state index contributed by atoms with van der Waals surface area (Å²) in [6.45, 7) is 6.67.